The summed E-state index contributed by atoms with van der Waals surface area (Å²) in [5.74, 6) is -0.840. The van der Waals surface area contributed by atoms with Gasteiger partial charge >= 0.3 is 5.69 Å². The Kier molecular flexibility index (Phi) is 4.00. The van der Waals surface area contributed by atoms with Crippen molar-refractivity contribution in [1.82, 2.24) is 14.3 Å². The Bertz CT molecular complexity index is 761. The Morgan fingerprint density at radius 2 is 2.19 bits per heavy atom. The van der Waals surface area contributed by atoms with Gasteiger partial charge in [0.15, 0.2) is 4.90 Å². The van der Waals surface area contributed by atoms with Crippen molar-refractivity contribution >= 4 is 15.7 Å². The van der Waals surface area contributed by atoms with Gasteiger partial charge in [-0.2, -0.15) is 8.70 Å². The number of sulfonamides is 1. The second-order valence-electron chi connectivity index (χ2n) is 4.14. The zero-order chi connectivity index (χ0) is 15.6. The number of benzene rings is 1. The van der Waals surface area contributed by atoms with Gasteiger partial charge in [-0.05, 0) is 12.1 Å². The summed E-state index contributed by atoms with van der Waals surface area (Å²) < 4.78 is 39.1. The minimum Gasteiger partial charge on any atom is -0.347 e. The van der Waals surface area contributed by atoms with Gasteiger partial charge in [0.2, 0.25) is 15.8 Å². The van der Waals surface area contributed by atoms with Crippen molar-refractivity contribution in [3.63, 3.8) is 0 Å². The van der Waals surface area contributed by atoms with Gasteiger partial charge < -0.3 is 4.98 Å². The van der Waals surface area contributed by atoms with Crippen LogP contribution in [0.4, 0.5) is 10.1 Å². The lowest BCUT2D eigenvalue weighted by molar-refractivity contribution is -0.390. The largest absolute Gasteiger partial charge is 0.347 e. The lowest BCUT2D eigenvalue weighted by Gasteiger charge is -2.16. The number of hydrogen-bond acceptors (Lipinski definition) is 5. The fourth-order valence-electron chi connectivity index (χ4n) is 1.73. The second-order valence-corrected chi connectivity index (χ2v) is 6.15. The minimum atomic E-state index is -4.22. The molecule has 0 aliphatic heterocycles. The van der Waals surface area contributed by atoms with Crippen molar-refractivity contribution in [1.29, 1.82) is 0 Å². The lowest BCUT2D eigenvalue weighted by atomic mass is 10.3. The quantitative estimate of drug-likeness (QED) is 0.660. The number of para-hydroxylation sites is 1. The fraction of sp³-hybridized carbons (Fsp3) is 0.182. The first kappa shape index (κ1) is 15.1. The molecular formula is C11H11FN4O4S. The molecule has 1 heterocycles. The summed E-state index contributed by atoms with van der Waals surface area (Å²) in [5.41, 5.74) is -1.07. The second kappa shape index (κ2) is 5.58. The van der Waals surface area contributed by atoms with Gasteiger partial charge in [-0.15, -0.1) is 0 Å². The van der Waals surface area contributed by atoms with Gasteiger partial charge in [0, 0.05) is 19.4 Å². The van der Waals surface area contributed by atoms with Crippen LogP contribution in [0.1, 0.15) is 5.82 Å². The van der Waals surface area contributed by atoms with E-state index in [1.165, 1.54) is 19.4 Å². The van der Waals surface area contributed by atoms with Crippen LogP contribution in [0.15, 0.2) is 35.5 Å². The topological polar surface area (TPSA) is 109 Å². The van der Waals surface area contributed by atoms with Crippen molar-refractivity contribution in [2.75, 3.05) is 7.05 Å². The average Bonchev–Trinajstić information content (AvgIpc) is 2.90. The van der Waals surface area contributed by atoms with Crippen LogP contribution in [0, 0.1) is 15.9 Å². The van der Waals surface area contributed by atoms with Gasteiger partial charge in [0.25, 0.3) is 0 Å². The Morgan fingerprint density at radius 1 is 1.48 bits per heavy atom. The molecule has 2 rings (SSSR count). The third kappa shape index (κ3) is 2.90. The molecule has 0 radical (unpaired) electrons. The van der Waals surface area contributed by atoms with Gasteiger partial charge in [-0.1, -0.05) is 6.07 Å². The van der Waals surface area contributed by atoms with Gasteiger partial charge in [-0.25, -0.2) is 13.4 Å². The molecule has 0 aliphatic rings. The Labute approximate surface area is 119 Å². The number of nitro benzene ring substituents is 1. The number of nitro groups is 1. The molecule has 0 aliphatic carbocycles. The number of nitrogens with zero attached hydrogens (tertiary/aromatic N) is 3. The number of H-pyrrole nitrogens is 1. The number of rotatable bonds is 5. The molecule has 0 bridgehead atoms. The number of imidazole rings is 1. The standard InChI is InChI=1S/C11H11FN4O4S/c1-15(7-10-13-5-6-14-10)21(19,20)9-4-2-3-8(12)11(9)16(17)18/h2-6H,7H2,1H3,(H,13,14). The third-order valence-electron chi connectivity index (χ3n) is 2.75. The fourth-order valence-corrected chi connectivity index (χ4v) is 3.02. The van der Waals surface area contributed by atoms with E-state index in [9.17, 15) is 22.9 Å². The van der Waals surface area contributed by atoms with E-state index in [2.05, 4.69) is 9.97 Å². The molecule has 0 unspecified atom stereocenters. The monoisotopic (exact) mass is 314 g/mol. The highest BCUT2D eigenvalue weighted by Gasteiger charge is 2.32. The summed E-state index contributed by atoms with van der Waals surface area (Å²) in [4.78, 5) is 15.7. The van der Waals surface area contributed by atoms with Crippen LogP contribution < -0.4 is 0 Å². The third-order valence-corrected chi connectivity index (χ3v) is 4.58. The van der Waals surface area contributed by atoms with E-state index >= 15 is 0 Å². The normalized spacial score (nSPS) is 11.8. The highest BCUT2D eigenvalue weighted by atomic mass is 32.2. The van der Waals surface area contributed by atoms with Crippen LogP contribution in [0.3, 0.4) is 0 Å². The molecule has 1 N–H and O–H groups in total. The van der Waals surface area contributed by atoms with Gasteiger partial charge in [-0.3, -0.25) is 10.1 Å². The summed E-state index contributed by atoms with van der Waals surface area (Å²) in [6.07, 6.45) is 2.96. The SMILES string of the molecule is CN(Cc1ncc[nH]1)S(=O)(=O)c1cccc(F)c1[N+](=O)[O-]. The number of hydrogen-bond donors (Lipinski definition) is 1. The lowest BCUT2D eigenvalue weighted by Crippen LogP contribution is -2.27. The number of aromatic amines is 1. The van der Waals surface area contributed by atoms with Crippen LogP contribution in [-0.2, 0) is 16.6 Å². The summed E-state index contributed by atoms with van der Waals surface area (Å²) in [6.45, 7) is -0.122. The molecule has 1 aromatic heterocycles. The van der Waals surface area contributed by atoms with Crippen LogP contribution in [0.2, 0.25) is 0 Å². The highest BCUT2D eigenvalue weighted by molar-refractivity contribution is 7.89. The molecule has 112 valence electrons. The minimum absolute atomic E-state index is 0.122. The maximum Gasteiger partial charge on any atom is 0.324 e. The van der Waals surface area contributed by atoms with Crippen LogP contribution >= 0.6 is 0 Å². The molecule has 8 nitrogen and oxygen atoms in total. The predicted molar refractivity (Wildman–Crippen MR) is 70.3 cm³/mol. The van der Waals surface area contributed by atoms with Crippen molar-refractivity contribution in [2.24, 2.45) is 0 Å². The molecule has 0 saturated heterocycles. The Hall–Kier alpha value is -2.33. The first-order valence-electron chi connectivity index (χ1n) is 5.71. The molecule has 10 heteroatoms. The Balaban J connectivity index is 2.44. The average molecular weight is 314 g/mol. The molecule has 0 spiro atoms. The van der Waals surface area contributed by atoms with Crippen molar-refractivity contribution < 1.29 is 17.7 Å². The molecule has 0 atom stereocenters. The first-order chi connectivity index (χ1) is 9.84. The van der Waals surface area contributed by atoms with E-state index in [0.29, 0.717) is 5.82 Å². The van der Waals surface area contributed by atoms with E-state index in [1.54, 1.807) is 0 Å². The molecule has 2 aromatic rings. The maximum absolute atomic E-state index is 13.5. The number of halogens is 1. The van der Waals surface area contributed by atoms with E-state index < -0.39 is 31.3 Å². The summed E-state index contributed by atoms with van der Waals surface area (Å²) in [7, 11) is -2.99. The maximum atomic E-state index is 13.5. The first-order valence-corrected chi connectivity index (χ1v) is 7.15. The number of aromatic nitrogens is 2. The van der Waals surface area contributed by atoms with Gasteiger partial charge in [0.1, 0.15) is 5.82 Å². The summed E-state index contributed by atoms with van der Waals surface area (Å²) >= 11 is 0. The number of nitrogens with one attached hydrogen (secondary N) is 1. The van der Waals surface area contributed by atoms with Crippen molar-refractivity contribution in [2.45, 2.75) is 11.4 Å². The molecule has 0 saturated carbocycles. The zero-order valence-corrected chi connectivity index (χ0v) is 11.7. The van der Waals surface area contributed by atoms with E-state index in [-0.39, 0.29) is 6.54 Å². The van der Waals surface area contributed by atoms with Crippen molar-refractivity contribution in [3.8, 4) is 0 Å². The van der Waals surface area contributed by atoms with Gasteiger partial charge in [0.05, 0.1) is 11.5 Å². The smallest absolute Gasteiger partial charge is 0.324 e. The Morgan fingerprint density at radius 3 is 2.76 bits per heavy atom. The van der Waals surface area contributed by atoms with E-state index in [0.717, 1.165) is 22.5 Å². The van der Waals surface area contributed by atoms with Crippen molar-refractivity contribution in [3.05, 3.63) is 52.3 Å². The molecule has 21 heavy (non-hydrogen) atoms. The summed E-state index contributed by atoms with van der Waals surface area (Å²) in [6, 6.07) is 2.94. The van der Waals surface area contributed by atoms with E-state index in [4.69, 9.17) is 0 Å². The van der Waals surface area contributed by atoms with Crippen LogP contribution in [0.5, 0.6) is 0 Å². The molecule has 0 fully saturated rings. The summed E-state index contributed by atoms with van der Waals surface area (Å²) in [5, 5.41) is 10.9. The molecule has 0 amide bonds. The molecule has 1 aromatic carbocycles. The predicted octanol–water partition coefficient (Wildman–Crippen LogP) is 1.28. The van der Waals surface area contributed by atoms with Crippen LogP contribution in [0.25, 0.3) is 0 Å². The molecular weight excluding hydrogens is 303 g/mol. The highest BCUT2D eigenvalue weighted by Crippen LogP contribution is 2.29. The van der Waals surface area contributed by atoms with E-state index in [1.807, 2.05) is 0 Å². The zero-order valence-electron chi connectivity index (χ0n) is 10.9. The van der Waals surface area contributed by atoms with Crippen LogP contribution in [-0.4, -0.2) is 34.7 Å².